The van der Waals surface area contributed by atoms with Gasteiger partial charge in [-0.2, -0.15) is 0 Å². The van der Waals surface area contributed by atoms with Gasteiger partial charge in [-0.25, -0.2) is 14.3 Å². The van der Waals surface area contributed by atoms with Crippen LogP contribution in [0, 0.1) is 13.8 Å². The van der Waals surface area contributed by atoms with Crippen molar-refractivity contribution in [3.63, 3.8) is 0 Å². The first-order chi connectivity index (χ1) is 16.2. The summed E-state index contributed by atoms with van der Waals surface area (Å²) in [5.74, 6) is 1.31. The second kappa shape index (κ2) is 8.38. The van der Waals surface area contributed by atoms with Crippen LogP contribution in [0.4, 0.5) is 5.82 Å². The summed E-state index contributed by atoms with van der Waals surface area (Å²) < 4.78 is 28.6. The summed E-state index contributed by atoms with van der Waals surface area (Å²) in [4.78, 5) is 15.4. The van der Waals surface area contributed by atoms with Gasteiger partial charge in [-0.3, -0.25) is 19.0 Å². The van der Waals surface area contributed by atoms with Gasteiger partial charge in [0.2, 0.25) is 0 Å². The number of benzene rings is 1. The van der Waals surface area contributed by atoms with Crippen molar-refractivity contribution in [3.05, 3.63) is 65.5 Å². The molecule has 34 heavy (non-hydrogen) atoms. The topological polar surface area (TPSA) is 119 Å². The van der Waals surface area contributed by atoms with Gasteiger partial charge < -0.3 is 9.52 Å². The van der Waals surface area contributed by atoms with E-state index in [-0.39, 0.29) is 11.8 Å². The molecule has 0 aliphatic carbocycles. The molecular formula is C24H29N5O4S. The summed E-state index contributed by atoms with van der Waals surface area (Å²) >= 11 is 0. The monoisotopic (exact) mass is 483 g/mol. The lowest BCUT2D eigenvalue weighted by Gasteiger charge is -2.51. The molecule has 1 saturated heterocycles. The number of rotatable bonds is 4. The Morgan fingerprint density at radius 1 is 1.24 bits per heavy atom. The number of phenols is 1. The fraction of sp³-hybridized carbons (Fsp3) is 0.375. The van der Waals surface area contributed by atoms with Crippen LogP contribution in [0.15, 0.2) is 52.9 Å². The summed E-state index contributed by atoms with van der Waals surface area (Å²) in [7, 11) is -3.12. The number of phenolic OH excluding ortho intramolecular Hbond substituents is 1. The lowest BCUT2D eigenvalue weighted by molar-refractivity contribution is 0.119. The van der Waals surface area contributed by atoms with E-state index in [0.29, 0.717) is 42.2 Å². The van der Waals surface area contributed by atoms with E-state index in [1.54, 1.807) is 22.8 Å². The third kappa shape index (κ3) is 3.96. The quantitative estimate of drug-likeness (QED) is 0.477. The van der Waals surface area contributed by atoms with Crippen molar-refractivity contribution in [1.82, 2.24) is 19.9 Å². The van der Waals surface area contributed by atoms with Gasteiger partial charge in [-0.1, -0.05) is 16.8 Å². The first kappa shape index (κ1) is 22.9. The number of aromatic hydroxyl groups is 1. The van der Waals surface area contributed by atoms with Crippen molar-refractivity contribution in [2.24, 2.45) is 0 Å². The van der Waals surface area contributed by atoms with Gasteiger partial charge in [0, 0.05) is 36.3 Å². The Morgan fingerprint density at radius 2 is 2.06 bits per heavy atom. The van der Waals surface area contributed by atoms with Crippen molar-refractivity contribution in [2.45, 2.75) is 51.7 Å². The molecule has 10 heteroatoms. The van der Waals surface area contributed by atoms with Crippen molar-refractivity contribution in [1.29, 1.82) is 0 Å². The van der Waals surface area contributed by atoms with E-state index in [9.17, 15) is 14.2 Å². The number of hydrogen-bond acceptors (Lipinski definition) is 9. The third-order valence-corrected chi connectivity index (χ3v) is 8.32. The Kier molecular flexibility index (Phi) is 5.64. The average molecular weight is 484 g/mol. The molecule has 1 spiro atoms. The molecule has 2 atom stereocenters. The molecule has 9 nitrogen and oxygen atoms in total. The number of piperidine rings is 1. The Morgan fingerprint density at radius 3 is 2.76 bits per heavy atom. The number of hydrogen-bond donors (Lipinski definition) is 3. The van der Waals surface area contributed by atoms with Gasteiger partial charge in [0.1, 0.15) is 17.2 Å². The van der Waals surface area contributed by atoms with Gasteiger partial charge in [-0.05, 0) is 57.4 Å². The summed E-state index contributed by atoms with van der Waals surface area (Å²) in [6, 6.07) is 5.74. The van der Waals surface area contributed by atoms with Crippen LogP contribution in [0.25, 0.3) is 11.3 Å². The summed E-state index contributed by atoms with van der Waals surface area (Å²) in [6.07, 6.45) is 7.99. The van der Waals surface area contributed by atoms with Crippen LogP contribution in [0.1, 0.15) is 36.8 Å². The maximum Gasteiger partial charge on any atom is 0.181 e. The fourth-order valence-electron chi connectivity index (χ4n) is 5.07. The van der Waals surface area contributed by atoms with Gasteiger partial charge in [-0.15, -0.1) is 0 Å². The van der Waals surface area contributed by atoms with Crippen molar-refractivity contribution in [2.75, 3.05) is 10.8 Å². The molecule has 3 aromatic rings. The molecule has 180 valence electrons. The Bertz CT molecular complexity index is 1250. The summed E-state index contributed by atoms with van der Waals surface area (Å²) in [6.45, 7) is 7.28. The van der Waals surface area contributed by atoms with Crippen LogP contribution in [-0.2, 0) is 6.54 Å². The highest BCUT2D eigenvalue weighted by molar-refractivity contribution is 8.28. The molecule has 5 rings (SSSR count). The maximum atomic E-state index is 10.8. The SMILES string of the molecule is Cc1cncc(N2[C@]3(C=CS2(O)O)CCN(Cc2ccc(O)c(-c4ncoc4C)c2)[C@@H](C)C3)n1. The number of aromatic nitrogens is 3. The molecule has 0 saturated carbocycles. The Balaban J connectivity index is 1.37. The standard InChI is InChI=1S/C24H29N5O4S/c1-16-12-25-13-22(27-16)29-24(7-9-34(29,31)32)6-8-28(17(2)11-24)14-19-4-5-21(30)20(10-19)23-18(3)33-15-26-23/h4-5,7,9-10,12-13,15,17,30-32H,6,8,11,14H2,1-3H3/t17-,24-/m0/s1. The second-order valence-corrected chi connectivity index (χ2v) is 10.9. The van der Waals surface area contributed by atoms with Crippen molar-refractivity contribution in [3.8, 4) is 17.0 Å². The number of anilines is 1. The molecular weight excluding hydrogens is 454 g/mol. The minimum absolute atomic E-state index is 0.165. The van der Waals surface area contributed by atoms with Gasteiger partial charge in [0.05, 0.1) is 17.4 Å². The first-order valence-corrected chi connectivity index (χ1v) is 12.8. The zero-order valence-electron chi connectivity index (χ0n) is 19.4. The minimum Gasteiger partial charge on any atom is -0.507 e. The highest BCUT2D eigenvalue weighted by Gasteiger charge is 2.50. The fourth-order valence-corrected chi connectivity index (χ4v) is 6.75. The zero-order valence-corrected chi connectivity index (χ0v) is 20.2. The van der Waals surface area contributed by atoms with Crippen LogP contribution in [0.3, 0.4) is 0 Å². The van der Waals surface area contributed by atoms with Crippen molar-refractivity contribution < 1.29 is 18.6 Å². The molecule has 0 amide bonds. The molecule has 2 aromatic heterocycles. The maximum absolute atomic E-state index is 10.8. The van der Waals surface area contributed by atoms with Crippen LogP contribution >= 0.6 is 10.8 Å². The van der Waals surface area contributed by atoms with E-state index in [2.05, 4.69) is 26.8 Å². The smallest absolute Gasteiger partial charge is 0.181 e. The average Bonchev–Trinajstić information content (AvgIpc) is 3.31. The van der Waals surface area contributed by atoms with Gasteiger partial charge in [0.15, 0.2) is 12.2 Å². The van der Waals surface area contributed by atoms with E-state index in [1.165, 1.54) is 11.8 Å². The van der Waals surface area contributed by atoms with Crippen molar-refractivity contribution >= 4 is 16.6 Å². The van der Waals surface area contributed by atoms with E-state index in [4.69, 9.17) is 4.42 Å². The van der Waals surface area contributed by atoms with Crippen LogP contribution in [0.5, 0.6) is 5.75 Å². The van der Waals surface area contributed by atoms with Crippen LogP contribution < -0.4 is 4.31 Å². The Hall–Kier alpha value is -2.92. The number of likely N-dealkylation sites (tertiary alicyclic amines) is 1. The highest BCUT2D eigenvalue weighted by atomic mass is 32.3. The van der Waals surface area contributed by atoms with Gasteiger partial charge in [0.25, 0.3) is 0 Å². The molecule has 1 fully saturated rings. The first-order valence-electron chi connectivity index (χ1n) is 11.2. The zero-order chi connectivity index (χ0) is 24.1. The predicted octanol–water partition coefficient (Wildman–Crippen LogP) is 4.88. The predicted molar refractivity (Wildman–Crippen MR) is 131 cm³/mol. The third-order valence-electron chi connectivity index (χ3n) is 6.74. The Labute approximate surface area is 200 Å². The minimum atomic E-state index is -3.12. The lowest BCUT2D eigenvalue weighted by Crippen LogP contribution is -2.55. The highest BCUT2D eigenvalue weighted by Crippen LogP contribution is 2.59. The summed E-state index contributed by atoms with van der Waals surface area (Å²) in [5.41, 5.74) is 2.55. The van der Waals surface area contributed by atoms with E-state index in [0.717, 1.165) is 17.8 Å². The second-order valence-electron chi connectivity index (χ2n) is 9.16. The molecule has 2 aliphatic heterocycles. The van der Waals surface area contributed by atoms with Crippen LogP contribution in [-0.4, -0.2) is 52.2 Å². The lowest BCUT2D eigenvalue weighted by atomic mass is 9.83. The van der Waals surface area contributed by atoms with E-state index >= 15 is 0 Å². The molecule has 0 bridgehead atoms. The molecule has 2 aliphatic rings. The van der Waals surface area contributed by atoms with Crippen LogP contribution in [0.2, 0.25) is 0 Å². The normalized spacial score (nSPS) is 25.2. The molecule has 0 radical (unpaired) electrons. The van der Waals surface area contributed by atoms with E-state index < -0.39 is 16.3 Å². The molecule has 4 heterocycles. The molecule has 0 unspecified atom stereocenters. The molecule has 3 N–H and O–H groups in total. The largest absolute Gasteiger partial charge is 0.507 e. The number of aryl methyl sites for hydroxylation is 2. The number of oxazole rings is 1. The summed E-state index contributed by atoms with van der Waals surface area (Å²) in [5, 5.41) is 11.9. The number of nitrogens with zero attached hydrogens (tertiary/aromatic N) is 5. The van der Waals surface area contributed by atoms with E-state index in [1.807, 2.05) is 32.1 Å². The molecule has 1 aromatic carbocycles. The van der Waals surface area contributed by atoms with Gasteiger partial charge >= 0.3 is 0 Å².